The highest BCUT2D eigenvalue weighted by Gasteiger charge is 2.28. The fourth-order valence-corrected chi connectivity index (χ4v) is 2.87. The predicted molar refractivity (Wildman–Crippen MR) is 90.4 cm³/mol. The predicted octanol–water partition coefficient (Wildman–Crippen LogP) is 3.73. The Hall–Kier alpha value is -2.95. The highest BCUT2D eigenvalue weighted by Crippen LogP contribution is 2.33. The van der Waals surface area contributed by atoms with Gasteiger partial charge in [-0.25, -0.2) is 4.39 Å². The molecule has 122 valence electrons. The molecule has 1 atom stereocenters. The van der Waals surface area contributed by atoms with E-state index in [9.17, 15) is 14.0 Å². The smallest absolute Gasteiger partial charge is 0.226 e. The Balaban J connectivity index is 1.82. The molecule has 1 N–H and O–H groups in total. The summed E-state index contributed by atoms with van der Waals surface area (Å²) in [7, 11) is 0. The molecule has 0 radical (unpaired) electrons. The van der Waals surface area contributed by atoms with E-state index < -0.39 is 5.82 Å². The zero-order valence-electron chi connectivity index (χ0n) is 13.2. The minimum Gasteiger partial charge on any atom is -0.326 e. The average molecular weight is 324 g/mol. The number of nitrogens with one attached hydrogen (secondary N) is 1. The van der Waals surface area contributed by atoms with E-state index in [1.807, 2.05) is 30.3 Å². The van der Waals surface area contributed by atoms with Crippen molar-refractivity contribution in [2.24, 2.45) is 0 Å². The molecule has 0 aromatic heterocycles. The third kappa shape index (κ3) is 3.35. The lowest BCUT2D eigenvalue weighted by molar-refractivity contribution is -0.129. The van der Waals surface area contributed by atoms with Crippen molar-refractivity contribution in [3.8, 4) is 0 Å². The molecule has 2 aromatic carbocycles. The molecular formula is C19H17FN2O2. The SMILES string of the molecule is CC(=O)N1C=Cc2ccccc2C1CC(=O)Nc1cccc(F)c1. The number of carbonyl (C=O) groups is 2. The Morgan fingerprint density at radius 2 is 1.96 bits per heavy atom. The summed E-state index contributed by atoms with van der Waals surface area (Å²) in [5.41, 5.74) is 2.30. The van der Waals surface area contributed by atoms with Gasteiger partial charge in [-0.3, -0.25) is 9.59 Å². The zero-order valence-corrected chi connectivity index (χ0v) is 13.2. The number of amides is 2. The zero-order chi connectivity index (χ0) is 17.1. The van der Waals surface area contributed by atoms with E-state index in [4.69, 9.17) is 0 Å². The van der Waals surface area contributed by atoms with Crippen molar-refractivity contribution in [1.29, 1.82) is 0 Å². The van der Waals surface area contributed by atoms with Crippen LogP contribution in [0.5, 0.6) is 0 Å². The molecule has 1 unspecified atom stereocenters. The Morgan fingerprint density at radius 1 is 1.17 bits per heavy atom. The van der Waals surface area contributed by atoms with Crippen LogP contribution in [0.1, 0.15) is 30.5 Å². The molecule has 0 bridgehead atoms. The molecule has 5 heteroatoms. The van der Waals surface area contributed by atoms with Gasteiger partial charge in [-0.05, 0) is 35.4 Å². The summed E-state index contributed by atoms with van der Waals surface area (Å²) in [5.74, 6) is -0.824. The van der Waals surface area contributed by atoms with Crippen LogP contribution in [-0.4, -0.2) is 16.7 Å². The van der Waals surface area contributed by atoms with Gasteiger partial charge in [0.15, 0.2) is 0 Å². The van der Waals surface area contributed by atoms with Crippen molar-refractivity contribution in [3.63, 3.8) is 0 Å². The van der Waals surface area contributed by atoms with E-state index in [1.54, 1.807) is 17.2 Å². The normalized spacial score (nSPS) is 15.8. The summed E-state index contributed by atoms with van der Waals surface area (Å²) in [6.45, 7) is 1.47. The summed E-state index contributed by atoms with van der Waals surface area (Å²) in [6, 6.07) is 13.0. The number of rotatable bonds is 3. The van der Waals surface area contributed by atoms with Gasteiger partial charge in [-0.1, -0.05) is 30.3 Å². The van der Waals surface area contributed by atoms with E-state index in [1.165, 1.54) is 25.1 Å². The maximum Gasteiger partial charge on any atom is 0.226 e. The molecule has 0 aliphatic carbocycles. The summed E-state index contributed by atoms with van der Waals surface area (Å²) < 4.78 is 13.2. The Bertz CT molecular complexity index is 817. The maximum absolute atomic E-state index is 13.2. The first-order valence-corrected chi connectivity index (χ1v) is 7.66. The number of halogens is 1. The fourth-order valence-electron chi connectivity index (χ4n) is 2.87. The van der Waals surface area contributed by atoms with Crippen LogP contribution in [0, 0.1) is 5.82 Å². The van der Waals surface area contributed by atoms with E-state index in [0.29, 0.717) is 5.69 Å². The molecule has 2 amide bonds. The van der Waals surface area contributed by atoms with Gasteiger partial charge in [0.25, 0.3) is 0 Å². The molecule has 0 saturated carbocycles. The van der Waals surface area contributed by atoms with E-state index in [0.717, 1.165) is 11.1 Å². The first-order chi connectivity index (χ1) is 11.5. The van der Waals surface area contributed by atoms with Crippen LogP contribution in [0.4, 0.5) is 10.1 Å². The lowest BCUT2D eigenvalue weighted by Gasteiger charge is -2.32. The molecule has 1 heterocycles. The van der Waals surface area contributed by atoms with Gasteiger partial charge in [0.05, 0.1) is 12.5 Å². The van der Waals surface area contributed by atoms with Gasteiger partial charge in [-0.2, -0.15) is 0 Å². The van der Waals surface area contributed by atoms with Crippen molar-refractivity contribution < 1.29 is 14.0 Å². The molecule has 1 aliphatic heterocycles. The molecule has 3 rings (SSSR count). The molecule has 0 spiro atoms. The third-order valence-corrected chi connectivity index (χ3v) is 3.96. The fraction of sp³-hybridized carbons (Fsp3) is 0.158. The van der Waals surface area contributed by atoms with Crippen molar-refractivity contribution in [2.45, 2.75) is 19.4 Å². The van der Waals surface area contributed by atoms with E-state index >= 15 is 0 Å². The van der Waals surface area contributed by atoms with Crippen LogP contribution in [0.2, 0.25) is 0 Å². The van der Waals surface area contributed by atoms with Gasteiger partial charge in [-0.15, -0.1) is 0 Å². The quantitative estimate of drug-likeness (QED) is 0.935. The van der Waals surface area contributed by atoms with Gasteiger partial charge in [0.2, 0.25) is 11.8 Å². The van der Waals surface area contributed by atoms with Gasteiger partial charge in [0.1, 0.15) is 5.82 Å². The standard InChI is InChI=1S/C19H17FN2O2/c1-13(23)22-10-9-14-5-2-3-8-17(14)18(22)12-19(24)21-16-7-4-6-15(20)11-16/h2-11,18H,12H2,1H3,(H,21,24). The van der Waals surface area contributed by atoms with Crippen LogP contribution >= 0.6 is 0 Å². The van der Waals surface area contributed by atoms with Crippen molar-refractivity contribution >= 4 is 23.6 Å². The first kappa shape index (κ1) is 15.9. The minimum atomic E-state index is -0.413. The highest BCUT2D eigenvalue weighted by atomic mass is 19.1. The summed E-state index contributed by atoms with van der Waals surface area (Å²) >= 11 is 0. The second-order valence-electron chi connectivity index (χ2n) is 5.65. The number of hydrogen-bond donors (Lipinski definition) is 1. The average Bonchev–Trinajstić information content (AvgIpc) is 2.54. The minimum absolute atomic E-state index is 0.0947. The van der Waals surface area contributed by atoms with E-state index in [2.05, 4.69) is 5.32 Å². The van der Waals surface area contributed by atoms with Crippen LogP contribution in [-0.2, 0) is 9.59 Å². The van der Waals surface area contributed by atoms with Crippen molar-refractivity contribution in [2.75, 3.05) is 5.32 Å². The van der Waals surface area contributed by atoms with Crippen LogP contribution < -0.4 is 5.32 Å². The molecule has 24 heavy (non-hydrogen) atoms. The summed E-state index contributed by atoms with van der Waals surface area (Å²) in [6.07, 6.45) is 3.65. The van der Waals surface area contributed by atoms with Crippen LogP contribution in [0.25, 0.3) is 6.08 Å². The van der Waals surface area contributed by atoms with Gasteiger partial charge >= 0.3 is 0 Å². The van der Waals surface area contributed by atoms with Crippen LogP contribution in [0.15, 0.2) is 54.7 Å². The second-order valence-corrected chi connectivity index (χ2v) is 5.65. The number of nitrogens with zero attached hydrogens (tertiary/aromatic N) is 1. The first-order valence-electron chi connectivity index (χ1n) is 7.66. The summed E-state index contributed by atoms with van der Waals surface area (Å²) in [5, 5.41) is 2.68. The van der Waals surface area contributed by atoms with Crippen molar-refractivity contribution in [3.05, 3.63) is 71.7 Å². The Morgan fingerprint density at radius 3 is 2.71 bits per heavy atom. The monoisotopic (exact) mass is 324 g/mol. The number of benzene rings is 2. The number of hydrogen-bond acceptors (Lipinski definition) is 2. The number of carbonyl (C=O) groups excluding carboxylic acids is 2. The number of fused-ring (bicyclic) bond motifs is 1. The molecule has 1 aliphatic rings. The largest absolute Gasteiger partial charge is 0.326 e. The molecule has 0 saturated heterocycles. The molecule has 4 nitrogen and oxygen atoms in total. The van der Waals surface area contributed by atoms with E-state index in [-0.39, 0.29) is 24.3 Å². The second kappa shape index (κ2) is 6.66. The molecule has 2 aromatic rings. The van der Waals surface area contributed by atoms with Gasteiger partial charge in [0, 0.05) is 18.8 Å². The Kier molecular flexibility index (Phi) is 4.42. The Labute approximate surface area is 139 Å². The third-order valence-electron chi connectivity index (χ3n) is 3.96. The van der Waals surface area contributed by atoms with Crippen molar-refractivity contribution in [1.82, 2.24) is 4.90 Å². The maximum atomic E-state index is 13.2. The van der Waals surface area contributed by atoms with Crippen LogP contribution in [0.3, 0.4) is 0 Å². The lowest BCUT2D eigenvalue weighted by Crippen LogP contribution is -2.33. The lowest BCUT2D eigenvalue weighted by atomic mass is 9.93. The highest BCUT2D eigenvalue weighted by molar-refractivity contribution is 5.92. The topological polar surface area (TPSA) is 49.4 Å². The molecule has 0 fully saturated rings. The van der Waals surface area contributed by atoms with Gasteiger partial charge < -0.3 is 10.2 Å². The summed E-state index contributed by atoms with van der Waals surface area (Å²) in [4.78, 5) is 25.8. The number of anilines is 1. The molecular weight excluding hydrogens is 307 g/mol.